The molecule has 1 fully saturated rings. The van der Waals surface area contributed by atoms with Crippen LogP contribution in [0.25, 0.3) is 11.3 Å². The van der Waals surface area contributed by atoms with Gasteiger partial charge in [0.1, 0.15) is 5.75 Å². The summed E-state index contributed by atoms with van der Waals surface area (Å²) in [7, 11) is 1.58. The van der Waals surface area contributed by atoms with Crippen LogP contribution in [-0.2, 0) is 4.79 Å². The highest BCUT2D eigenvalue weighted by molar-refractivity contribution is 5.96. The van der Waals surface area contributed by atoms with Gasteiger partial charge in [0.25, 0.3) is 5.91 Å². The molecule has 0 saturated carbocycles. The van der Waals surface area contributed by atoms with Crippen LogP contribution in [0.1, 0.15) is 29.6 Å². The summed E-state index contributed by atoms with van der Waals surface area (Å²) in [6.07, 6.45) is 3.22. The fourth-order valence-electron chi connectivity index (χ4n) is 3.25. The average molecular weight is 340 g/mol. The molecule has 2 heterocycles. The molecule has 1 unspecified atom stereocenters. The molecule has 130 valence electrons. The number of nitrogens with zero attached hydrogens (tertiary/aromatic N) is 2. The van der Waals surface area contributed by atoms with Crippen LogP contribution in [-0.4, -0.2) is 46.6 Å². The van der Waals surface area contributed by atoms with E-state index in [9.17, 15) is 9.59 Å². The molecule has 6 heteroatoms. The molecule has 2 aromatic rings. The van der Waals surface area contributed by atoms with Crippen LogP contribution in [0, 0.1) is 0 Å². The molecular formula is C19H20N2O4. The lowest BCUT2D eigenvalue weighted by Gasteiger charge is -2.24. The molecular weight excluding hydrogens is 320 g/mol. The monoisotopic (exact) mass is 340 g/mol. The zero-order chi connectivity index (χ0) is 17.8. The normalized spacial score (nSPS) is 16.7. The van der Waals surface area contributed by atoms with Gasteiger partial charge in [-0.1, -0.05) is 6.07 Å². The summed E-state index contributed by atoms with van der Waals surface area (Å²) >= 11 is 0. The second-order valence-corrected chi connectivity index (χ2v) is 6.02. The molecule has 25 heavy (non-hydrogen) atoms. The number of pyridine rings is 1. The van der Waals surface area contributed by atoms with Gasteiger partial charge in [0, 0.05) is 29.9 Å². The molecule has 1 saturated heterocycles. The maximum absolute atomic E-state index is 12.9. The van der Waals surface area contributed by atoms with Gasteiger partial charge >= 0.3 is 5.97 Å². The van der Waals surface area contributed by atoms with Crippen molar-refractivity contribution in [1.29, 1.82) is 0 Å². The first-order chi connectivity index (χ1) is 12.1. The lowest BCUT2D eigenvalue weighted by atomic mass is 10.0. The van der Waals surface area contributed by atoms with Crippen molar-refractivity contribution in [2.24, 2.45) is 0 Å². The molecule has 1 aromatic heterocycles. The zero-order valence-corrected chi connectivity index (χ0v) is 14.0. The molecule has 1 aliphatic heterocycles. The van der Waals surface area contributed by atoms with E-state index in [1.165, 1.54) is 0 Å². The van der Waals surface area contributed by atoms with Crippen LogP contribution in [0.2, 0.25) is 0 Å². The third kappa shape index (κ3) is 3.63. The van der Waals surface area contributed by atoms with E-state index in [0.29, 0.717) is 17.9 Å². The lowest BCUT2D eigenvalue weighted by molar-refractivity contribution is -0.137. The Morgan fingerprint density at radius 2 is 2.16 bits per heavy atom. The van der Waals surface area contributed by atoms with E-state index >= 15 is 0 Å². The molecule has 0 bridgehead atoms. The number of rotatable bonds is 5. The van der Waals surface area contributed by atoms with Gasteiger partial charge in [-0.05, 0) is 43.2 Å². The van der Waals surface area contributed by atoms with Crippen molar-refractivity contribution >= 4 is 11.9 Å². The smallest absolute Gasteiger partial charge is 0.305 e. The molecule has 1 N–H and O–H groups in total. The molecule has 1 aliphatic rings. The van der Waals surface area contributed by atoms with Gasteiger partial charge in [0.2, 0.25) is 0 Å². The van der Waals surface area contributed by atoms with E-state index in [1.807, 2.05) is 18.2 Å². The summed E-state index contributed by atoms with van der Waals surface area (Å²) in [5, 5.41) is 9.04. The molecule has 1 amide bonds. The van der Waals surface area contributed by atoms with Crippen molar-refractivity contribution in [3.63, 3.8) is 0 Å². The predicted octanol–water partition coefficient (Wildman–Crippen LogP) is 2.84. The summed E-state index contributed by atoms with van der Waals surface area (Å²) in [6, 6.07) is 10.5. The standard InChI is InChI=1S/C19H20N2O4/c1-25-17-8-7-13(11-15(17)16-6-2-3-9-20-16)19(24)21-10-4-5-14(21)12-18(22)23/h2-3,6-9,11,14H,4-5,10,12H2,1H3,(H,22,23). The maximum atomic E-state index is 12.9. The van der Waals surface area contributed by atoms with Gasteiger partial charge in [-0.3, -0.25) is 14.6 Å². The Morgan fingerprint density at radius 1 is 1.32 bits per heavy atom. The number of aromatic nitrogens is 1. The molecule has 1 atom stereocenters. The first-order valence-corrected chi connectivity index (χ1v) is 8.22. The Morgan fingerprint density at radius 3 is 2.84 bits per heavy atom. The number of likely N-dealkylation sites (tertiary alicyclic amines) is 1. The number of carboxylic acids is 1. The highest BCUT2D eigenvalue weighted by Gasteiger charge is 2.31. The number of aliphatic carboxylic acids is 1. The number of methoxy groups -OCH3 is 1. The molecule has 0 radical (unpaired) electrons. The minimum atomic E-state index is -0.881. The number of carbonyl (C=O) groups is 2. The van der Waals surface area contributed by atoms with Gasteiger partial charge < -0.3 is 14.7 Å². The summed E-state index contributed by atoms with van der Waals surface area (Å²) in [5.41, 5.74) is 1.97. The van der Waals surface area contributed by atoms with Crippen LogP contribution in [0.5, 0.6) is 5.75 Å². The van der Waals surface area contributed by atoms with Crippen LogP contribution in [0.4, 0.5) is 0 Å². The van der Waals surface area contributed by atoms with Crippen LogP contribution in [0.15, 0.2) is 42.6 Å². The number of carbonyl (C=O) groups excluding carboxylic acids is 1. The third-order valence-corrected chi connectivity index (χ3v) is 4.44. The summed E-state index contributed by atoms with van der Waals surface area (Å²) in [4.78, 5) is 29.9. The van der Waals surface area contributed by atoms with E-state index in [1.54, 1.807) is 36.4 Å². The SMILES string of the molecule is COc1ccc(C(=O)N2CCCC2CC(=O)O)cc1-c1ccccn1. The highest BCUT2D eigenvalue weighted by atomic mass is 16.5. The Hall–Kier alpha value is -2.89. The fourth-order valence-corrected chi connectivity index (χ4v) is 3.25. The number of carboxylic acid groups (broad SMARTS) is 1. The summed E-state index contributed by atoms with van der Waals surface area (Å²) in [5.74, 6) is -0.393. The predicted molar refractivity (Wildman–Crippen MR) is 92.5 cm³/mol. The Bertz CT molecular complexity index is 776. The average Bonchev–Trinajstić information content (AvgIpc) is 3.08. The molecule has 3 rings (SSSR count). The molecule has 0 spiro atoms. The Balaban J connectivity index is 1.92. The van der Waals surface area contributed by atoms with Crippen LogP contribution < -0.4 is 4.74 Å². The number of benzene rings is 1. The van der Waals surface area contributed by atoms with Crippen molar-refractivity contribution in [1.82, 2.24) is 9.88 Å². The maximum Gasteiger partial charge on any atom is 0.305 e. The fraction of sp³-hybridized carbons (Fsp3) is 0.316. The van der Waals surface area contributed by atoms with E-state index in [2.05, 4.69) is 4.98 Å². The highest BCUT2D eigenvalue weighted by Crippen LogP contribution is 2.31. The second-order valence-electron chi connectivity index (χ2n) is 6.02. The van der Waals surface area contributed by atoms with Gasteiger partial charge in [-0.15, -0.1) is 0 Å². The zero-order valence-electron chi connectivity index (χ0n) is 14.0. The number of amides is 1. The lowest BCUT2D eigenvalue weighted by Crippen LogP contribution is -2.36. The number of ether oxygens (including phenoxy) is 1. The van der Waals surface area contributed by atoms with Crippen molar-refractivity contribution in [3.05, 3.63) is 48.2 Å². The quantitative estimate of drug-likeness (QED) is 0.905. The largest absolute Gasteiger partial charge is 0.496 e. The summed E-state index contributed by atoms with van der Waals surface area (Å²) in [6.45, 7) is 0.585. The molecule has 6 nitrogen and oxygen atoms in total. The first-order valence-electron chi connectivity index (χ1n) is 8.22. The molecule has 0 aliphatic carbocycles. The first kappa shape index (κ1) is 17.0. The topological polar surface area (TPSA) is 79.7 Å². The summed E-state index contributed by atoms with van der Waals surface area (Å²) < 4.78 is 5.39. The van der Waals surface area contributed by atoms with E-state index in [0.717, 1.165) is 24.1 Å². The van der Waals surface area contributed by atoms with Crippen molar-refractivity contribution in [2.75, 3.05) is 13.7 Å². The van der Waals surface area contributed by atoms with E-state index < -0.39 is 5.97 Å². The van der Waals surface area contributed by atoms with Gasteiger partial charge in [-0.25, -0.2) is 0 Å². The third-order valence-electron chi connectivity index (χ3n) is 4.44. The number of hydrogen-bond acceptors (Lipinski definition) is 4. The van der Waals surface area contributed by atoms with Crippen LogP contribution >= 0.6 is 0 Å². The van der Waals surface area contributed by atoms with Crippen molar-refractivity contribution in [2.45, 2.75) is 25.3 Å². The van der Waals surface area contributed by atoms with Gasteiger partial charge in [0.05, 0.1) is 19.2 Å². The van der Waals surface area contributed by atoms with E-state index in [-0.39, 0.29) is 18.4 Å². The number of hydrogen-bond donors (Lipinski definition) is 1. The minimum Gasteiger partial charge on any atom is -0.496 e. The van der Waals surface area contributed by atoms with Crippen molar-refractivity contribution in [3.8, 4) is 17.0 Å². The minimum absolute atomic E-state index is 0.0189. The second kappa shape index (κ2) is 7.34. The van der Waals surface area contributed by atoms with Crippen LogP contribution in [0.3, 0.4) is 0 Å². The van der Waals surface area contributed by atoms with Gasteiger partial charge in [0.15, 0.2) is 0 Å². The molecule has 1 aromatic carbocycles. The van der Waals surface area contributed by atoms with Gasteiger partial charge in [-0.2, -0.15) is 0 Å². The Labute approximate surface area is 146 Å². The Kier molecular flexibility index (Phi) is 4.97. The van der Waals surface area contributed by atoms with E-state index in [4.69, 9.17) is 9.84 Å². The van der Waals surface area contributed by atoms with Crippen molar-refractivity contribution < 1.29 is 19.4 Å².